The Morgan fingerprint density at radius 3 is 1.47 bits per heavy atom. The van der Waals surface area contributed by atoms with Gasteiger partial charge >= 0.3 is 11.9 Å². The molecule has 0 aliphatic rings. The van der Waals surface area contributed by atoms with Crippen LogP contribution in [-0.4, -0.2) is 35.6 Å². The third-order valence-corrected chi connectivity index (χ3v) is 9.27. The van der Waals surface area contributed by atoms with Gasteiger partial charge in [-0.2, -0.15) is 0 Å². The number of rotatable bonds is 38. The van der Waals surface area contributed by atoms with Crippen LogP contribution in [0.15, 0.2) is 48.6 Å². The molecule has 294 valence electrons. The molecular formula is C45H79NO5. The highest BCUT2D eigenvalue weighted by Gasteiger charge is 2.14. The Balaban J connectivity index is 4.27. The lowest BCUT2D eigenvalue weighted by Gasteiger charge is -2.18. The molecule has 1 unspecified atom stereocenters. The monoisotopic (exact) mass is 714 g/mol. The molecule has 0 aromatic rings. The van der Waals surface area contributed by atoms with Crippen LogP contribution in [0, 0.1) is 0 Å². The minimum atomic E-state index is -1.02. The van der Waals surface area contributed by atoms with Gasteiger partial charge in [0.1, 0.15) is 12.6 Å². The van der Waals surface area contributed by atoms with Crippen molar-refractivity contribution in [1.82, 2.24) is 5.32 Å². The van der Waals surface area contributed by atoms with Gasteiger partial charge in [0, 0.05) is 12.8 Å². The molecule has 0 aliphatic carbocycles. The van der Waals surface area contributed by atoms with Gasteiger partial charge in [0.25, 0.3) is 0 Å². The lowest BCUT2D eigenvalue weighted by Crippen LogP contribution is -2.28. The Morgan fingerprint density at radius 1 is 0.529 bits per heavy atom. The van der Waals surface area contributed by atoms with Crippen molar-refractivity contribution in [3.63, 3.8) is 0 Å². The number of carboxylic acid groups (broad SMARTS) is 1. The van der Waals surface area contributed by atoms with E-state index in [1.54, 1.807) is 0 Å². The number of nitrogens with one attached hydrogen (secondary N) is 1. The maximum absolute atomic E-state index is 12.7. The average molecular weight is 714 g/mol. The fraction of sp³-hybridized carbons (Fsp3) is 0.756. The van der Waals surface area contributed by atoms with Crippen LogP contribution < -0.4 is 5.32 Å². The minimum absolute atomic E-state index is 0.0108. The van der Waals surface area contributed by atoms with E-state index in [1.165, 1.54) is 77.0 Å². The second-order valence-electron chi connectivity index (χ2n) is 14.2. The fourth-order valence-corrected chi connectivity index (χ4v) is 6.15. The summed E-state index contributed by atoms with van der Waals surface area (Å²) in [4.78, 5) is 35.0. The molecule has 0 radical (unpaired) electrons. The van der Waals surface area contributed by atoms with E-state index >= 15 is 0 Å². The van der Waals surface area contributed by atoms with Crippen LogP contribution in [0.25, 0.3) is 0 Å². The van der Waals surface area contributed by atoms with Crippen molar-refractivity contribution in [3.8, 4) is 0 Å². The molecule has 0 bridgehead atoms. The smallest absolute Gasteiger partial charge is 0.322 e. The first kappa shape index (κ1) is 48.4. The van der Waals surface area contributed by atoms with E-state index < -0.39 is 5.97 Å². The molecule has 0 fully saturated rings. The summed E-state index contributed by atoms with van der Waals surface area (Å²) in [6.45, 7) is 4.11. The van der Waals surface area contributed by atoms with Gasteiger partial charge in [-0.05, 0) is 77.0 Å². The number of carbonyl (C=O) groups excluding carboxylic acids is 2. The van der Waals surface area contributed by atoms with Gasteiger partial charge in [-0.3, -0.25) is 14.4 Å². The topological polar surface area (TPSA) is 92.7 Å². The summed E-state index contributed by atoms with van der Waals surface area (Å²) in [5.41, 5.74) is 0. The van der Waals surface area contributed by atoms with Crippen molar-refractivity contribution in [2.24, 2.45) is 0 Å². The molecule has 6 nitrogen and oxygen atoms in total. The highest BCUT2D eigenvalue weighted by atomic mass is 16.5. The standard InChI is InChI=1S/C45H79NO5/c1-3-5-7-9-11-13-15-17-19-20-22-24-26-29-33-37-42(38-34-30-28-31-35-39-43(47)46-41-44(48)49)51-45(50)40-36-32-27-25-23-21-18-16-14-12-10-8-6-4-2/h5,7,11,13,17,19,22,24,42H,3-4,6,8-10,12,14-16,18,20-21,23,25-41H2,1-2H3,(H,46,47)(H,48,49)/b7-5-,13-11-,19-17-,24-22-. The first-order valence-corrected chi connectivity index (χ1v) is 21.3. The summed E-state index contributed by atoms with van der Waals surface area (Å²) < 4.78 is 6.01. The highest BCUT2D eigenvalue weighted by Crippen LogP contribution is 2.18. The Hall–Kier alpha value is -2.63. The van der Waals surface area contributed by atoms with Crippen molar-refractivity contribution in [3.05, 3.63) is 48.6 Å². The molecule has 0 rings (SSSR count). The zero-order valence-electron chi connectivity index (χ0n) is 33.2. The number of esters is 1. The maximum atomic E-state index is 12.7. The second kappa shape index (κ2) is 40.1. The summed E-state index contributed by atoms with van der Waals surface area (Å²) in [7, 11) is 0. The molecular weight excluding hydrogens is 634 g/mol. The van der Waals surface area contributed by atoms with Crippen molar-refractivity contribution in [2.75, 3.05) is 6.54 Å². The lowest BCUT2D eigenvalue weighted by atomic mass is 10.0. The molecule has 0 saturated heterocycles. The predicted octanol–water partition coefficient (Wildman–Crippen LogP) is 13.1. The largest absolute Gasteiger partial charge is 0.480 e. The second-order valence-corrected chi connectivity index (χ2v) is 14.2. The van der Waals surface area contributed by atoms with Gasteiger partial charge < -0.3 is 15.2 Å². The van der Waals surface area contributed by atoms with E-state index in [1.807, 2.05) is 0 Å². The number of ether oxygens (including phenoxy) is 1. The van der Waals surface area contributed by atoms with Gasteiger partial charge in [0.15, 0.2) is 0 Å². The number of unbranched alkanes of at least 4 members (excludes halogenated alkanes) is 19. The molecule has 0 heterocycles. The number of carboxylic acids is 1. The molecule has 1 atom stereocenters. The minimum Gasteiger partial charge on any atom is -0.480 e. The molecule has 0 saturated carbocycles. The first-order valence-electron chi connectivity index (χ1n) is 21.3. The Bertz CT molecular complexity index is 922. The Kier molecular flexibility index (Phi) is 38.1. The van der Waals surface area contributed by atoms with E-state index in [2.05, 4.69) is 67.8 Å². The molecule has 0 aliphatic heterocycles. The van der Waals surface area contributed by atoms with Gasteiger partial charge in [0.05, 0.1) is 0 Å². The maximum Gasteiger partial charge on any atom is 0.322 e. The number of hydrogen-bond acceptors (Lipinski definition) is 4. The quantitative estimate of drug-likeness (QED) is 0.0377. The summed E-state index contributed by atoms with van der Waals surface area (Å²) >= 11 is 0. The molecule has 51 heavy (non-hydrogen) atoms. The van der Waals surface area contributed by atoms with Gasteiger partial charge in [-0.15, -0.1) is 0 Å². The molecule has 6 heteroatoms. The lowest BCUT2D eigenvalue weighted by molar-refractivity contribution is -0.150. The van der Waals surface area contributed by atoms with Gasteiger partial charge in [-0.1, -0.05) is 165 Å². The number of amides is 1. The van der Waals surface area contributed by atoms with Crippen LogP contribution in [0.5, 0.6) is 0 Å². The zero-order chi connectivity index (χ0) is 37.3. The number of carbonyl (C=O) groups is 3. The summed E-state index contributed by atoms with van der Waals surface area (Å²) in [5.74, 6) is -1.26. The Morgan fingerprint density at radius 2 is 0.961 bits per heavy atom. The van der Waals surface area contributed by atoms with Crippen LogP contribution in [0.2, 0.25) is 0 Å². The predicted molar refractivity (Wildman–Crippen MR) is 217 cm³/mol. The van der Waals surface area contributed by atoms with E-state index in [-0.39, 0.29) is 24.5 Å². The fourth-order valence-electron chi connectivity index (χ4n) is 6.15. The SMILES string of the molecule is CC/C=C\C/C=C\C/C=C\C/C=C\CCCCC(CCCCCCCC(=O)NCC(=O)O)OC(=O)CCCCCCCCCCCCCCCC. The molecule has 1 amide bonds. The van der Waals surface area contributed by atoms with Crippen molar-refractivity contribution in [2.45, 2.75) is 213 Å². The summed E-state index contributed by atoms with van der Waals surface area (Å²) in [6.07, 6.45) is 50.9. The van der Waals surface area contributed by atoms with E-state index in [0.29, 0.717) is 12.8 Å². The molecule has 2 N–H and O–H groups in total. The molecule has 0 spiro atoms. The van der Waals surface area contributed by atoms with Crippen molar-refractivity contribution in [1.29, 1.82) is 0 Å². The van der Waals surface area contributed by atoms with Crippen LogP contribution in [0.4, 0.5) is 0 Å². The van der Waals surface area contributed by atoms with Crippen LogP contribution >= 0.6 is 0 Å². The van der Waals surface area contributed by atoms with Crippen LogP contribution in [0.3, 0.4) is 0 Å². The van der Waals surface area contributed by atoms with E-state index in [9.17, 15) is 14.4 Å². The van der Waals surface area contributed by atoms with Gasteiger partial charge in [0.2, 0.25) is 5.91 Å². The summed E-state index contributed by atoms with van der Waals surface area (Å²) in [6, 6.07) is 0. The first-order chi connectivity index (χ1) is 25.0. The average Bonchev–Trinajstić information content (AvgIpc) is 3.11. The molecule has 0 aromatic heterocycles. The van der Waals surface area contributed by atoms with E-state index in [4.69, 9.17) is 9.84 Å². The highest BCUT2D eigenvalue weighted by molar-refractivity contribution is 5.80. The van der Waals surface area contributed by atoms with Crippen LogP contribution in [0.1, 0.15) is 206 Å². The zero-order valence-corrected chi connectivity index (χ0v) is 33.2. The van der Waals surface area contributed by atoms with E-state index in [0.717, 1.165) is 103 Å². The molecule has 0 aromatic carbocycles. The van der Waals surface area contributed by atoms with Crippen molar-refractivity contribution >= 4 is 17.8 Å². The third kappa shape index (κ3) is 40.0. The van der Waals surface area contributed by atoms with Gasteiger partial charge in [-0.25, -0.2) is 0 Å². The Labute approximate surface area is 314 Å². The normalized spacial score (nSPS) is 12.5. The third-order valence-electron chi connectivity index (χ3n) is 9.27. The van der Waals surface area contributed by atoms with Crippen LogP contribution in [-0.2, 0) is 19.1 Å². The summed E-state index contributed by atoms with van der Waals surface area (Å²) in [5, 5.41) is 11.1. The van der Waals surface area contributed by atoms with Crippen molar-refractivity contribution < 1.29 is 24.2 Å². The number of aliphatic carboxylic acids is 1. The number of hydrogen-bond donors (Lipinski definition) is 2. The number of allylic oxidation sites excluding steroid dienone is 8.